The molecule has 2 atom stereocenters. The van der Waals surface area contributed by atoms with Crippen molar-refractivity contribution < 1.29 is 33.0 Å². The summed E-state index contributed by atoms with van der Waals surface area (Å²) in [5.41, 5.74) is 3.86. The molecule has 3 heterocycles. The van der Waals surface area contributed by atoms with Gasteiger partial charge in [0.05, 0.1) is 11.6 Å². The second kappa shape index (κ2) is 10.8. The lowest BCUT2D eigenvalue weighted by Gasteiger charge is -2.16. The van der Waals surface area contributed by atoms with E-state index in [0.29, 0.717) is 24.0 Å². The first kappa shape index (κ1) is 27.8. The van der Waals surface area contributed by atoms with Gasteiger partial charge in [0.2, 0.25) is 0 Å². The highest BCUT2D eigenvalue weighted by Crippen LogP contribution is 2.40. The van der Waals surface area contributed by atoms with Crippen molar-refractivity contribution in [3.05, 3.63) is 94.6 Å². The number of ether oxygens (including phenoxy) is 3. The summed E-state index contributed by atoms with van der Waals surface area (Å²) in [6.07, 6.45) is 4.05. The molecule has 2 N–H and O–H groups in total. The normalized spacial score (nSPS) is 18.3. The number of carbonyl (C=O) groups is 3. The number of esters is 1. The maximum absolute atomic E-state index is 14.0. The Morgan fingerprint density at radius 1 is 1.19 bits per heavy atom. The van der Waals surface area contributed by atoms with E-state index in [1.807, 2.05) is 13.0 Å². The van der Waals surface area contributed by atoms with Gasteiger partial charge in [-0.3, -0.25) is 9.59 Å². The lowest BCUT2D eigenvalue weighted by molar-refractivity contribution is -0.173. The van der Waals surface area contributed by atoms with Crippen LogP contribution in [0.2, 0.25) is 0 Å². The first-order valence-corrected chi connectivity index (χ1v) is 13.5. The average molecular weight is 587 g/mol. The van der Waals surface area contributed by atoms with Gasteiger partial charge in [-0.2, -0.15) is 19.0 Å². The van der Waals surface area contributed by atoms with E-state index in [0.717, 1.165) is 23.6 Å². The maximum atomic E-state index is 14.0. The summed E-state index contributed by atoms with van der Waals surface area (Å²) < 4.78 is 30.6. The van der Waals surface area contributed by atoms with Gasteiger partial charge in [-0.15, -0.1) is 0 Å². The number of hydrogen-bond donors (Lipinski definition) is 2. The van der Waals surface area contributed by atoms with Gasteiger partial charge >= 0.3 is 12.0 Å². The number of carbonyl (C=O) groups excluding carboxylic acids is 3. The van der Waals surface area contributed by atoms with Gasteiger partial charge in [0.15, 0.2) is 11.5 Å². The predicted molar refractivity (Wildman–Crippen MR) is 149 cm³/mol. The van der Waals surface area contributed by atoms with E-state index >= 15 is 0 Å². The minimum atomic E-state index is -2.25. The van der Waals surface area contributed by atoms with Crippen molar-refractivity contribution >= 4 is 23.6 Å². The molecule has 4 aromatic rings. The molecule has 12 nitrogen and oxygen atoms in total. The van der Waals surface area contributed by atoms with Crippen molar-refractivity contribution in [2.75, 3.05) is 6.61 Å². The van der Waals surface area contributed by atoms with Crippen molar-refractivity contribution in [1.29, 1.82) is 0 Å². The Hall–Kier alpha value is -5.33. The SMILES string of the molecule is C=CCOC(=O)c1ccc2c(c1C)CC[C@@H]2NC(=O)c1cc(C(=O)NCc2ccc3c(c2)OC(C)(F)O3)nc2ncnn12. The summed E-state index contributed by atoms with van der Waals surface area (Å²) in [7, 11) is 0. The molecule has 0 spiro atoms. The molecule has 43 heavy (non-hydrogen) atoms. The van der Waals surface area contributed by atoms with Gasteiger partial charge in [-0.1, -0.05) is 24.8 Å². The van der Waals surface area contributed by atoms with Crippen molar-refractivity contribution in [2.24, 2.45) is 0 Å². The fourth-order valence-corrected chi connectivity index (χ4v) is 5.30. The van der Waals surface area contributed by atoms with Crippen LogP contribution in [0, 0.1) is 6.92 Å². The smallest absolute Gasteiger partial charge is 0.404 e. The Balaban J connectivity index is 1.18. The lowest BCUT2D eigenvalue weighted by atomic mass is 9.98. The monoisotopic (exact) mass is 586 g/mol. The van der Waals surface area contributed by atoms with Crippen LogP contribution in [0.5, 0.6) is 11.5 Å². The predicted octanol–water partition coefficient (Wildman–Crippen LogP) is 3.54. The van der Waals surface area contributed by atoms with E-state index < -0.39 is 23.8 Å². The average Bonchev–Trinajstić information content (AvgIpc) is 3.70. The first-order valence-electron chi connectivity index (χ1n) is 13.5. The molecular formula is C30H27FN6O6. The Morgan fingerprint density at radius 2 is 2.00 bits per heavy atom. The number of benzene rings is 2. The van der Waals surface area contributed by atoms with E-state index in [1.54, 1.807) is 24.3 Å². The third kappa shape index (κ3) is 5.36. The number of alkyl halides is 1. The third-order valence-corrected chi connectivity index (χ3v) is 7.31. The van der Waals surface area contributed by atoms with Crippen LogP contribution >= 0.6 is 0 Å². The van der Waals surface area contributed by atoms with Crippen molar-refractivity contribution in [1.82, 2.24) is 30.2 Å². The standard InChI is InChI=1S/C30H27FN6O6/c1-4-11-41-28(40)19-6-7-20-18(16(19)2)8-9-21(20)35-27(39)23-13-22(36-29-33-15-34-37(23)29)26(38)32-14-17-5-10-24-25(12-17)43-30(3,31)42-24/h4-7,10,12-13,15,21H,1,8-9,11,14H2,2-3H3,(H,32,38)(H,35,39)/t21-,30?/m0/s1. The largest absolute Gasteiger partial charge is 0.458 e. The minimum absolute atomic E-state index is 0.0342. The highest BCUT2D eigenvalue weighted by atomic mass is 19.2. The zero-order valence-electron chi connectivity index (χ0n) is 23.3. The number of nitrogens with zero attached hydrogens (tertiary/aromatic N) is 4. The van der Waals surface area contributed by atoms with Gasteiger partial charge in [0.25, 0.3) is 17.6 Å². The molecule has 1 aliphatic carbocycles. The number of rotatable bonds is 8. The molecule has 2 aliphatic rings. The summed E-state index contributed by atoms with van der Waals surface area (Å²) in [6, 6.07) is 7.11. The molecule has 0 saturated carbocycles. The Labute approximate surface area is 244 Å². The lowest BCUT2D eigenvalue weighted by Crippen LogP contribution is -2.30. The second-order valence-electron chi connectivity index (χ2n) is 10.3. The first-order chi connectivity index (χ1) is 20.6. The maximum Gasteiger partial charge on any atom is 0.404 e. The number of nitrogens with one attached hydrogen (secondary N) is 2. The second-order valence-corrected chi connectivity index (χ2v) is 10.3. The summed E-state index contributed by atoms with van der Waals surface area (Å²) in [6.45, 7) is 6.78. The fraction of sp³-hybridized carbons (Fsp3) is 0.267. The molecule has 0 fully saturated rings. The highest BCUT2D eigenvalue weighted by Gasteiger charge is 2.36. The number of fused-ring (bicyclic) bond motifs is 3. The summed E-state index contributed by atoms with van der Waals surface area (Å²) in [5, 5.41) is 9.87. The van der Waals surface area contributed by atoms with E-state index in [9.17, 15) is 18.8 Å². The Bertz CT molecular complexity index is 1800. The Morgan fingerprint density at radius 3 is 2.81 bits per heavy atom. The van der Waals surface area contributed by atoms with E-state index in [1.165, 1.54) is 23.0 Å². The molecule has 0 bridgehead atoms. The number of amides is 2. The van der Waals surface area contributed by atoms with Gasteiger partial charge < -0.3 is 24.8 Å². The molecule has 13 heteroatoms. The van der Waals surface area contributed by atoms with Crippen LogP contribution in [0.1, 0.15) is 73.0 Å². The quantitative estimate of drug-likeness (QED) is 0.234. The van der Waals surface area contributed by atoms with E-state index in [2.05, 4.69) is 32.3 Å². The van der Waals surface area contributed by atoms with Crippen LogP contribution in [0.15, 0.2) is 55.4 Å². The molecule has 1 unspecified atom stereocenters. The number of aromatic nitrogens is 4. The van der Waals surface area contributed by atoms with E-state index in [4.69, 9.17) is 14.2 Å². The zero-order chi connectivity index (χ0) is 30.3. The molecule has 1 aliphatic heterocycles. The van der Waals surface area contributed by atoms with Gasteiger partial charge in [-0.05, 0) is 60.2 Å². The Kier molecular flexibility index (Phi) is 7.00. The van der Waals surface area contributed by atoms with Crippen LogP contribution in [0.3, 0.4) is 0 Å². The van der Waals surface area contributed by atoms with E-state index in [-0.39, 0.29) is 47.9 Å². The van der Waals surface area contributed by atoms with Crippen LogP contribution in [0.25, 0.3) is 5.78 Å². The molecule has 2 aromatic carbocycles. The van der Waals surface area contributed by atoms with Crippen molar-refractivity contribution in [2.45, 2.75) is 45.3 Å². The van der Waals surface area contributed by atoms with Crippen LogP contribution in [0.4, 0.5) is 4.39 Å². The number of hydrogen-bond acceptors (Lipinski definition) is 9. The molecule has 2 amide bonds. The van der Waals surface area contributed by atoms with Crippen molar-refractivity contribution in [3.8, 4) is 11.5 Å². The zero-order valence-corrected chi connectivity index (χ0v) is 23.3. The van der Waals surface area contributed by atoms with Crippen molar-refractivity contribution in [3.63, 3.8) is 0 Å². The molecular weight excluding hydrogens is 559 g/mol. The highest BCUT2D eigenvalue weighted by molar-refractivity contribution is 5.98. The molecule has 0 radical (unpaired) electrons. The topological polar surface area (TPSA) is 146 Å². The van der Waals surface area contributed by atoms with Gasteiger partial charge in [0, 0.05) is 19.5 Å². The third-order valence-electron chi connectivity index (χ3n) is 7.31. The molecule has 6 rings (SSSR count). The van der Waals surface area contributed by atoms with Crippen LogP contribution < -0.4 is 20.1 Å². The number of halogens is 1. The summed E-state index contributed by atoms with van der Waals surface area (Å²) in [5.74, 6) is -0.877. The van der Waals surface area contributed by atoms with Gasteiger partial charge in [-0.25, -0.2) is 9.78 Å². The molecule has 0 saturated heterocycles. The van der Waals surface area contributed by atoms with Crippen LogP contribution in [-0.4, -0.2) is 50.0 Å². The minimum Gasteiger partial charge on any atom is -0.458 e. The summed E-state index contributed by atoms with van der Waals surface area (Å²) >= 11 is 0. The van der Waals surface area contributed by atoms with Gasteiger partial charge in [0.1, 0.15) is 24.3 Å². The fourth-order valence-electron chi connectivity index (χ4n) is 5.30. The summed E-state index contributed by atoms with van der Waals surface area (Å²) in [4.78, 5) is 47.3. The molecule has 2 aromatic heterocycles. The molecule has 220 valence electrons. The van der Waals surface area contributed by atoms with Crippen LogP contribution in [-0.2, 0) is 17.7 Å².